The molecule has 0 aliphatic rings. The molecule has 1 rings (SSSR count). The Hall–Kier alpha value is -1.69. The number of aliphatic carboxylic acids is 1. The number of aromatic nitrogens is 1. The van der Waals surface area contributed by atoms with E-state index in [1.54, 1.807) is 6.92 Å². The van der Waals surface area contributed by atoms with Gasteiger partial charge in [-0.05, 0) is 19.4 Å². The molecule has 0 aliphatic carbocycles. The van der Waals surface area contributed by atoms with Gasteiger partial charge in [-0.2, -0.15) is 0 Å². The van der Waals surface area contributed by atoms with Crippen LogP contribution in [0.3, 0.4) is 0 Å². The highest BCUT2D eigenvalue weighted by Crippen LogP contribution is 2.18. The molecule has 5 nitrogen and oxygen atoms in total. The maximum absolute atomic E-state index is 13.1. The largest absolute Gasteiger partial charge is 0.480 e. The van der Waals surface area contributed by atoms with Crippen LogP contribution in [0.15, 0.2) is 12.3 Å². The van der Waals surface area contributed by atoms with Crippen molar-refractivity contribution in [3.63, 3.8) is 0 Å². The molecule has 0 radical (unpaired) electrons. The Labute approximate surface area is 115 Å². The SMILES string of the molecule is CCC(C)N(CC(=O)O)C(=O)c1cc(F)cnc1Cl. The van der Waals surface area contributed by atoms with Crippen molar-refractivity contribution in [2.75, 3.05) is 6.54 Å². The Morgan fingerprint density at radius 2 is 2.21 bits per heavy atom. The molecule has 1 aromatic rings. The van der Waals surface area contributed by atoms with Crippen molar-refractivity contribution in [3.8, 4) is 0 Å². The van der Waals surface area contributed by atoms with Crippen molar-refractivity contribution in [3.05, 3.63) is 28.8 Å². The smallest absolute Gasteiger partial charge is 0.323 e. The summed E-state index contributed by atoms with van der Waals surface area (Å²) < 4.78 is 13.1. The first kappa shape index (κ1) is 15.4. The van der Waals surface area contributed by atoms with Crippen LogP contribution in [0.25, 0.3) is 0 Å². The van der Waals surface area contributed by atoms with Crippen molar-refractivity contribution in [1.82, 2.24) is 9.88 Å². The maximum atomic E-state index is 13.1. The Bertz CT molecular complexity index is 496. The number of hydrogen-bond acceptors (Lipinski definition) is 3. The van der Waals surface area contributed by atoms with Crippen molar-refractivity contribution < 1.29 is 19.1 Å². The quantitative estimate of drug-likeness (QED) is 0.843. The van der Waals surface area contributed by atoms with Crippen LogP contribution in [0.2, 0.25) is 5.15 Å². The first-order valence-electron chi connectivity index (χ1n) is 5.70. The first-order valence-corrected chi connectivity index (χ1v) is 6.08. The molecule has 104 valence electrons. The molecule has 0 saturated heterocycles. The van der Waals surface area contributed by atoms with Gasteiger partial charge in [-0.15, -0.1) is 0 Å². The zero-order valence-corrected chi connectivity index (χ0v) is 11.3. The molecule has 0 saturated carbocycles. The first-order chi connectivity index (χ1) is 8.86. The third-order valence-corrected chi connectivity index (χ3v) is 3.03. The Kier molecular flexibility index (Phi) is 5.23. The van der Waals surface area contributed by atoms with Crippen molar-refractivity contribution in [2.24, 2.45) is 0 Å². The zero-order valence-electron chi connectivity index (χ0n) is 10.6. The summed E-state index contributed by atoms with van der Waals surface area (Å²) in [5.74, 6) is -2.49. The number of carboxylic acids is 1. The predicted octanol–water partition coefficient (Wildman–Crippen LogP) is 2.20. The van der Waals surface area contributed by atoms with Crippen LogP contribution >= 0.6 is 11.6 Å². The molecule has 1 N–H and O–H groups in total. The molecular weight excluding hydrogens is 275 g/mol. The van der Waals surface area contributed by atoms with Gasteiger partial charge < -0.3 is 10.0 Å². The maximum Gasteiger partial charge on any atom is 0.323 e. The standard InChI is InChI=1S/C12H14ClFN2O3/c1-3-7(2)16(6-10(17)18)12(19)9-4-8(14)5-15-11(9)13/h4-5,7H,3,6H2,1-2H3,(H,17,18). The molecule has 0 fully saturated rings. The van der Waals surface area contributed by atoms with Crippen LogP contribution in [-0.4, -0.2) is 39.5 Å². The molecule has 0 bridgehead atoms. The Morgan fingerprint density at radius 3 is 2.74 bits per heavy atom. The normalized spacial score (nSPS) is 12.0. The summed E-state index contributed by atoms with van der Waals surface area (Å²) in [6.45, 7) is 3.06. The van der Waals surface area contributed by atoms with Gasteiger partial charge >= 0.3 is 5.97 Å². The van der Waals surface area contributed by atoms with Crippen molar-refractivity contribution in [1.29, 1.82) is 0 Å². The van der Waals surface area contributed by atoms with Gasteiger partial charge in [0.1, 0.15) is 17.5 Å². The number of nitrogens with zero attached hydrogens (tertiary/aromatic N) is 2. The van der Waals surface area contributed by atoms with E-state index in [9.17, 15) is 14.0 Å². The number of amides is 1. The number of hydrogen-bond donors (Lipinski definition) is 1. The van der Waals surface area contributed by atoms with Crippen molar-refractivity contribution in [2.45, 2.75) is 26.3 Å². The van der Waals surface area contributed by atoms with Gasteiger partial charge in [0.25, 0.3) is 5.91 Å². The molecular formula is C12H14ClFN2O3. The average molecular weight is 289 g/mol. The average Bonchev–Trinajstić information content (AvgIpc) is 2.37. The van der Waals surface area contributed by atoms with Crippen LogP contribution < -0.4 is 0 Å². The second-order valence-corrected chi connectivity index (χ2v) is 4.43. The lowest BCUT2D eigenvalue weighted by Gasteiger charge is -2.27. The number of rotatable bonds is 5. The van der Waals surface area contributed by atoms with E-state index in [0.29, 0.717) is 6.42 Å². The van der Waals surface area contributed by atoms with E-state index < -0.39 is 24.2 Å². The minimum Gasteiger partial charge on any atom is -0.480 e. The number of carbonyl (C=O) groups excluding carboxylic acids is 1. The highest BCUT2D eigenvalue weighted by Gasteiger charge is 2.25. The van der Waals surface area contributed by atoms with Gasteiger partial charge in [-0.1, -0.05) is 18.5 Å². The summed E-state index contributed by atoms with van der Waals surface area (Å²) in [6, 6.07) is 0.650. The third-order valence-electron chi connectivity index (χ3n) is 2.73. The second-order valence-electron chi connectivity index (χ2n) is 4.08. The molecule has 0 spiro atoms. The topological polar surface area (TPSA) is 70.5 Å². The van der Waals surface area contributed by atoms with Crippen molar-refractivity contribution >= 4 is 23.5 Å². The summed E-state index contributed by atoms with van der Waals surface area (Å²) in [4.78, 5) is 27.7. The van der Waals surface area contributed by atoms with E-state index in [0.717, 1.165) is 17.2 Å². The summed E-state index contributed by atoms with van der Waals surface area (Å²) in [5.41, 5.74) is -0.136. The van der Waals surface area contributed by atoms with Crippen LogP contribution in [0, 0.1) is 5.82 Å². The van der Waals surface area contributed by atoms with Gasteiger partial charge in [0, 0.05) is 6.04 Å². The summed E-state index contributed by atoms with van der Waals surface area (Å²) in [6.07, 6.45) is 1.46. The van der Waals surface area contributed by atoms with Crippen LogP contribution in [-0.2, 0) is 4.79 Å². The van der Waals surface area contributed by atoms with Crippen LogP contribution in [0.4, 0.5) is 4.39 Å². The number of pyridine rings is 1. The summed E-state index contributed by atoms with van der Waals surface area (Å²) >= 11 is 5.75. The number of halogens is 2. The van der Waals surface area contributed by atoms with Crippen LogP contribution in [0.1, 0.15) is 30.6 Å². The lowest BCUT2D eigenvalue weighted by Crippen LogP contribution is -2.42. The number of carbonyl (C=O) groups is 2. The lowest BCUT2D eigenvalue weighted by molar-refractivity contribution is -0.138. The zero-order chi connectivity index (χ0) is 14.6. The summed E-state index contributed by atoms with van der Waals surface area (Å²) in [7, 11) is 0. The van der Waals surface area contributed by atoms with E-state index in [4.69, 9.17) is 16.7 Å². The third kappa shape index (κ3) is 3.89. The molecule has 1 aromatic heterocycles. The van der Waals surface area contributed by atoms with E-state index in [1.165, 1.54) is 0 Å². The van der Waals surface area contributed by atoms with Gasteiger partial charge in [-0.25, -0.2) is 9.37 Å². The fourth-order valence-electron chi connectivity index (χ4n) is 1.52. The highest BCUT2D eigenvalue weighted by atomic mass is 35.5. The second kappa shape index (κ2) is 6.47. The molecule has 0 aliphatic heterocycles. The molecule has 1 heterocycles. The van der Waals surface area contributed by atoms with E-state index in [-0.39, 0.29) is 16.8 Å². The molecule has 1 unspecified atom stereocenters. The minimum absolute atomic E-state index is 0.136. The number of carboxylic acid groups (broad SMARTS) is 1. The molecule has 7 heteroatoms. The van der Waals surface area contributed by atoms with E-state index in [1.807, 2.05) is 6.92 Å². The highest BCUT2D eigenvalue weighted by molar-refractivity contribution is 6.32. The van der Waals surface area contributed by atoms with Gasteiger partial charge in [0.05, 0.1) is 11.8 Å². The lowest BCUT2D eigenvalue weighted by atomic mass is 10.1. The fraction of sp³-hybridized carbons (Fsp3) is 0.417. The summed E-state index contributed by atoms with van der Waals surface area (Å²) in [5, 5.41) is 8.68. The minimum atomic E-state index is -1.14. The molecule has 19 heavy (non-hydrogen) atoms. The van der Waals surface area contributed by atoms with E-state index in [2.05, 4.69) is 4.98 Å². The van der Waals surface area contributed by atoms with Gasteiger partial charge in [0.2, 0.25) is 0 Å². The van der Waals surface area contributed by atoms with Gasteiger partial charge in [0.15, 0.2) is 0 Å². The van der Waals surface area contributed by atoms with Gasteiger partial charge in [-0.3, -0.25) is 9.59 Å². The predicted molar refractivity (Wildman–Crippen MR) is 67.6 cm³/mol. The molecule has 0 aromatic carbocycles. The Balaban J connectivity index is 3.11. The molecule has 1 atom stereocenters. The Morgan fingerprint density at radius 1 is 1.58 bits per heavy atom. The fourth-order valence-corrected chi connectivity index (χ4v) is 1.71. The molecule has 1 amide bonds. The monoisotopic (exact) mass is 288 g/mol. The van der Waals surface area contributed by atoms with E-state index >= 15 is 0 Å². The van der Waals surface area contributed by atoms with Crippen LogP contribution in [0.5, 0.6) is 0 Å².